The summed E-state index contributed by atoms with van der Waals surface area (Å²) in [6, 6.07) is 127. The minimum Gasteiger partial charge on any atom is -0.208 e. The Hall–Kier alpha value is -13.5. The van der Waals surface area contributed by atoms with Crippen molar-refractivity contribution in [3.63, 3.8) is 0 Å². The first kappa shape index (κ1) is 61.2. The predicted octanol–water partition coefficient (Wildman–Crippen LogP) is 26.9. The standard InChI is InChI=1S/C98H58N6S2/c1-2-20-66-53-67(48-41-59(66)17-1)60-39-44-64(45-40-60)93-99-95(73-26-11-24-70(54-73)77-32-13-22-61-18-3-6-28-75(61)77)104-98(101-93)85-37-16-35-83-88-57-69(50-52-90(88)106-92(83)85)68-49-51-80-86(58-72-21-5-8-30-79(72)87(80)56-68)63-42-46-65(47-43-63)94-100-96(74-27-12-25-71(55-74)78-33-14-23-62-19-4-7-29-76(62)78)103-97(102-94)84-36-15-34-82-81-31-9-10-38-89(81)105-91(82)84/h1-58H. The number of thiophene rings is 2. The van der Waals surface area contributed by atoms with Gasteiger partial charge in [-0.1, -0.05) is 291 Å². The van der Waals surface area contributed by atoms with E-state index in [2.05, 4.69) is 352 Å². The fraction of sp³-hybridized carbons (Fsp3) is 0. The topological polar surface area (TPSA) is 77.3 Å². The van der Waals surface area contributed by atoms with E-state index in [0.29, 0.717) is 34.9 Å². The summed E-state index contributed by atoms with van der Waals surface area (Å²) in [7, 11) is 0. The molecule has 0 fully saturated rings. The predicted molar refractivity (Wildman–Crippen MR) is 446 cm³/mol. The molecule has 4 aromatic heterocycles. The zero-order chi connectivity index (χ0) is 69.8. The molecular weight excluding hydrogens is 1330 g/mol. The molecule has 0 spiro atoms. The van der Waals surface area contributed by atoms with Crippen molar-refractivity contribution in [1.82, 2.24) is 29.9 Å². The molecule has 0 saturated carbocycles. The van der Waals surface area contributed by atoms with Gasteiger partial charge in [0.05, 0.1) is 0 Å². The van der Waals surface area contributed by atoms with Crippen LogP contribution in [0.1, 0.15) is 0 Å². The van der Waals surface area contributed by atoms with Crippen molar-refractivity contribution in [2.75, 3.05) is 0 Å². The van der Waals surface area contributed by atoms with E-state index in [0.717, 1.165) is 104 Å². The molecule has 0 unspecified atom stereocenters. The summed E-state index contributed by atoms with van der Waals surface area (Å²) in [6.07, 6.45) is 0. The van der Waals surface area contributed by atoms with Crippen LogP contribution in [0.2, 0.25) is 0 Å². The van der Waals surface area contributed by atoms with Crippen LogP contribution in [0.25, 0.3) is 218 Å². The van der Waals surface area contributed by atoms with Gasteiger partial charge in [0.15, 0.2) is 34.9 Å². The van der Waals surface area contributed by atoms with Crippen molar-refractivity contribution in [3.8, 4) is 124 Å². The van der Waals surface area contributed by atoms with E-state index in [9.17, 15) is 0 Å². The van der Waals surface area contributed by atoms with Gasteiger partial charge in [-0.3, -0.25) is 0 Å². The molecule has 492 valence electrons. The van der Waals surface area contributed by atoms with Crippen molar-refractivity contribution >= 4 is 117 Å². The Kier molecular flexibility index (Phi) is 14.5. The van der Waals surface area contributed by atoms with E-state index >= 15 is 0 Å². The second-order valence-corrected chi connectivity index (χ2v) is 29.3. The van der Waals surface area contributed by atoms with E-state index in [1.54, 1.807) is 22.7 Å². The molecule has 0 bridgehead atoms. The minimum atomic E-state index is 0.610. The van der Waals surface area contributed by atoms with E-state index in [4.69, 9.17) is 29.9 Å². The van der Waals surface area contributed by atoms with Gasteiger partial charge in [-0.25, -0.2) is 29.9 Å². The quantitative estimate of drug-likeness (QED) is 0.120. The highest BCUT2D eigenvalue weighted by Crippen LogP contribution is 2.46. The molecule has 0 aliphatic carbocycles. The lowest BCUT2D eigenvalue weighted by molar-refractivity contribution is 1.08. The van der Waals surface area contributed by atoms with Gasteiger partial charge >= 0.3 is 0 Å². The van der Waals surface area contributed by atoms with Gasteiger partial charge in [0.2, 0.25) is 0 Å². The molecule has 0 aliphatic heterocycles. The minimum absolute atomic E-state index is 0.610. The molecule has 0 N–H and O–H groups in total. The van der Waals surface area contributed by atoms with Crippen LogP contribution in [0.4, 0.5) is 0 Å². The highest BCUT2D eigenvalue weighted by Gasteiger charge is 2.22. The molecular formula is C98H58N6S2. The van der Waals surface area contributed by atoms with E-state index in [-0.39, 0.29) is 0 Å². The normalized spacial score (nSPS) is 11.8. The first-order chi connectivity index (χ1) is 52.5. The number of aromatic nitrogens is 6. The Morgan fingerprint density at radius 1 is 0.151 bits per heavy atom. The molecule has 0 radical (unpaired) electrons. The highest BCUT2D eigenvalue weighted by molar-refractivity contribution is 7.26. The van der Waals surface area contributed by atoms with Gasteiger partial charge in [0.25, 0.3) is 0 Å². The zero-order valence-corrected chi connectivity index (χ0v) is 58.6. The third-order valence-electron chi connectivity index (χ3n) is 21.0. The maximum atomic E-state index is 5.41. The average Bonchev–Trinajstić information content (AvgIpc) is 1.43. The van der Waals surface area contributed by atoms with Crippen LogP contribution in [0, 0.1) is 0 Å². The number of hydrogen-bond donors (Lipinski definition) is 0. The molecule has 0 aliphatic rings. The Labute approximate surface area is 618 Å². The fourth-order valence-corrected chi connectivity index (χ4v) is 18.1. The molecule has 8 heteroatoms. The third kappa shape index (κ3) is 10.7. The largest absolute Gasteiger partial charge is 0.208 e. The SMILES string of the molecule is c1cc(-c2nc(-c3ccc(-c4cc5ccccc5c5cc(-c6ccc7sc8c(-c9nc(-c%10ccc(-c%11ccc%12ccccc%12c%11)cc%10)nc(-c%10cccc(-c%11cccc%12ccccc%11%12)c%10)n9)cccc8c7c6)ccc45)cc3)nc(-c3cccc4c3sc3ccccc34)n2)cc(-c2cccc3ccccc23)c1. The van der Waals surface area contributed by atoms with Gasteiger partial charge < -0.3 is 0 Å². The van der Waals surface area contributed by atoms with Crippen LogP contribution >= 0.6 is 22.7 Å². The van der Waals surface area contributed by atoms with Crippen LogP contribution in [0.5, 0.6) is 0 Å². The summed E-state index contributed by atoms with van der Waals surface area (Å²) in [4.78, 5) is 32.1. The summed E-state index contributed by atoms with van der Waals surface area (Å²) in [5.74, 6) is 3.71. The van der Waals surface area contributed by atoms with Gasteiger partial charge in [-0.05, 0) is 170 Å². The maximum absolute atomic E-state index is 5.41. The molecule has 106 heavy (non-hydrogen) atoms. The number of nitrogens with zero attached hydrogens (tertiary/aromatic N) is 6. The van der Waals surface area contributed by atoms with Crippen LogP contribution in [0.15, 0.2) is 352 Å². The Morgan fingerprint density at radius 3 is 1.15 bits per heavy atom. The van der Waals surface area contributed by atoms with Crippen LogP contribution in [-0.2, 0) is 0 Å². The van der Waals surface area contributed by atoms with Crippen molar-refractivity contribution < 1.29 is 0 Å². The lowest BCUT2D eigenvalue weighted by Crippen LogP contribution is -2.00. The third-order valence-corrected chi connectivity index (χ3v) is 23.4. The number of hydrogen-bond acceptors (Lipinski definition) is 8. The average molecular weight is 1380 g/mol. The Bertz CT molecular complexity index is 7150. The molecule has 17 aromatic carbocycles. The number of rotatable bonds is 11. The fourth-order valence-electron chi connectivity index (χ4n) is 15.7. The molecule has 4 heterocycles. The smallest absolute Gasteiger partial charge is 0.165 e. The first-order valence-corrected chi connectivity index (χ1v) is 37.3. The van der Waals surface area contributed by atoms with E-state index < -0.39 is 0 Å². The van der Waals surface area contributed by atoms with Crippen molar-refractivity contribution in [3.05, 3.63) is 352 Å². The lowest BCUT2D eigenvalue weighted by Gasteiger charge is -2.14. The van der Waals surface area contributed by atoms with Crippen molar-refractivity contribution in [2.45, 2.75) is 0 Å². The molecule has 0 atom stereocenters. The van der Waals surface area contributed by atoms with E-state index in [1.165, 1.54) is 79.4 Å². The maximum Gasteiger partial charge on any atom is 0.165 e. The molecule has 21 aromatic rings. The van der Waals surface area contributed by atoms with Gasteiger partial charge in [-0.2, -0.15) is 0 Å². The number of benzene rings is 17. The van der Waals surface area contributed by atoms with Gasteiger partial charge in [-0.15, -0.1) is 22.7 Å². The second-order valence-electron chi connectivity index (χ2n) is 27.2. The summed E-state index contributed by atoms with van der Waals surface area (Å²) in [5.41, 5.74) is 16.9. The van der Waals surface area contributed by atoms with Crippen LogP contribution < -0.4 is 0 Å². The summed E-state index contributed by atoms with van der Waals surface area (Å²) >= 11 is 3.57. The Balaban J connectivity index is 0.644. The molecule has 6 nitrogen and oxygen atoms in total. The molecule has 0 amide bonds. The first-order valence-electron chi connectivity index (χ1n) is 35.7. The van der Waals surface area contributed by atoms with Gasteiger partial charge in [0, 0.05) is 73.7 Å². The van der Waals surface area contributed by atoms with E-state index in [1.807, 2.05) is 0 Å². The molecule has 0 saturated heterocycles. The van der Waals surface area contributed by atoms with Crippen LogP contribution in [0.3, 0.4) is 0 Å². The highest BCUT2D eigenvalue weighted by atomic mass is 32.1. The summed E-state index contributed by atoms with van der Waals surface area (Å²) < 4.78 is 4.70. The number of fused-ring (bicyclic) bond motifs is 12. The van der Waals surface area contributed by atoms with Crippen LogP contribution in [-0.4, -0.2) is 29.9 Å². The van der Waals surface area contributed by atoms with Gasteiger partial charge in [0.1, 0.15) is 0 Å². The molecule has 21 rings (SSSR count). The summed E-state index contributed by atoms with van der Waals surface area (Å²) in [5, 5.41) is 16.7. The van der Waals surface area contributed by atoms with Crippen molar-refractivity contribution in [1.29, 1.82) is 0 Å². The summed E-state index contributed by atoms with van der Waals surface area (Å²) in [6.45, 7) is 0. The Morgan fingerprint density at radius 2 is 0.538 bits per heavy atom. The lowest BCUT2D eigenvalue weighted by atomic mass is 9.90. The van der Waals surface area contributed by atoms with Crippen molar-refractivity contribution in [2.24, 2.45) is 0 Å². The monoisotopic (exact) mass is 1380 g/mol. The zero-order valence-electron chi connectivity index (χ0n) is 57.0. The second kappa shape index (κ2) is 25.2.